The van der Waals surface area contributed by atoms with Gasteiger partial charge in [-0.2, -0.15) is 5.10 Å². The fourth-order valence-electron chi connectivity index (χ4n) is 2.24. The second-order valence-corrected chi connectivity index (χ2v) is 4.77. The number of aromatic nitrogens is 3. The van der Waals surface area contributed by atoms with E-state index < -0.39 is 0 Å². The zero-order valence-corrected chi connectivity index (χ0v) is 10.3. The van der Waals surface area contributed by atoms with E-state index in [1.165, 1.54) is 0 Å². The van der Waals surface area contributed by atoms with Crippen LogP contribution in [0.15, 0.2) is 36.8 Å². The standard InChI is InChI=1S/C12H13ClN4O/c13-8-3-1-4-14-12(8)16-9-7-10(18)11(9)17-6-2-5-15-17/h1-6,9-11,18H,7H2,(H,14,16)/t9-,10+,11+/m0/s1. The molecule has 1 saturated carbocycles. The Morgan fingerprint density at radius 1 is 1.39 bits per heavy atom. The lowest BCUT2D eigenvalue weighted by molar-refractivity contribution is 0.0133. The Balaban J connectivity index is 1.76. The van der Waals surface area contributed by atoms with Crippen molar-refractivity contribution in [2.24, 2.45) is 0 Å². The number of rotatable bonds is 3. The Hall–Kier alpha value is -1.59. The van der Waals surface area contributed by atoms with Gasteiger partial charge in [0.2, 0.25) is 0 Å². The van der Waals surface area contributed by atoms with Crippen molar-refractivity contribution in [1.29, 1.82) is 0 Å². The van der Waals surface area contributed by atoms with Gasteiger partial charge in [0, 0.05) is 18.6 Å². The summed E-state index contributed by atoms with van der Waals surface area (Å²) in [7, 11) is 0. The van der Waals surface area contributed by atoms with Crippen molar-refractivity contribution in [3.05, 3.63) is 41.8 Å². The van der Waals surface area contributed by atoms with Crippen LogP contribution < -0.4 is 5.32 Å². The average molecular weight is 265 g/mol. The molecule has 0 saturated heterocycles. The van der Waals surface area contributed by atoms with Gasteiger partial charge in [-0.05, 0) is 24.6 Å². The highest BCUT2D eigenvalue weighted by Crippen LogP contribution is 2.35. The number of hydrogen-bond acceptors (Lipinski definition) is 4. The van der Waals surface area contributed by atoms with Gasteiger partial charge < -0.3 is 10.4 Å². The Morgan fingerprint density at radius 2 is 2.28 bits per heavy atom. The SMILES string of the molecule is O[C@@H]1C[C@H](Nc2ncccc2Cl)[C@H]1n1cccn1. The van der Waals surface area contributed by atoms with Gasteiger partial charge >= 0.3 is 0 Å². The lowest BCUT2D eigenvalue weighted by atomic mass is 9.83. The van der Waals surface area contributed by atoms with Crippen molar-refractivity contribution in [2.75, 3.05) is 5.32 Å². The maximum atomic E-state index is 9.84. The average Bonchev–Trinajstić information content (AvgIpc) is 2.84. The van der Waals surface area contributed by atoms with Crippen molar-refractivity contribution >= 4 is 17.4 Å². The molecule has 2 N–H and O–H groups in total. The van der Waals surface area contributed by atoms with Gasteiger partial charge in [0.1, 0.15) is 5.82 Å². The third kappa shape index (κ3) is 1.95. The van der Waals surface area contributed by atoms with Crippen molar-refractivity contribution in [1.82, 2.24) is 14.8 Å². The third-order valence-corrected chi connectivity index (χ3v) is 3.52. The molecule has 0 aromatic carbocycles. The summed E-state index contributed by atoms with van der Waals surface area (Å²) in [6.45, 7) is 0. The third-order valence-electron chi connectivity index (χ3n) is 3.21. The molecule has 0 bridgehead atoms. The predicted octanol–water partition coefficient (Wildman–Crippen LogP) is 1.72. The van der Waals surface area contributed by atoms with Crippen LogP contribution in [-0.2, 0) is 0 Å². The van der Waals surface area contributed by atoms with E-state index in [4.69, 9.17) is 11.6 Å². The summed E-state index contributed by atoms with van der Waals surface area (Å²) < 4.78 is 1.77. The maximum Gasteiger partial charge on any atom is 0.145 e. The summed E-state index contributed by atoms with van der Waals surface area (Å²) in [6.07, 6.45) is 5.52. The van der Waals surface area contributed by atoms with Gasteiger partial charge in [-0.25, -0.2) is 4.98 Å². The van der Waals surface area contributed by atoms with E-state index in [-0.39, 0.29) is 18.2 Å². The largest absolute Gasteiger partial charge is 0.391 e. The number of pyridine rings is 1. The molecular formula is C12H13ClN4O. The van der Waals surface area contributed by atoms with Crippen LogP contribution in [0.5, 0.6) is 0 Å². The van der Waals surface area contributed by atoms with E-state index in [1.807, 2.05) is 12.3 Å². The Labute approximate surface area is 109 Å². The topological polar surface area (TPSA) is 63.0 Å². The normalized spacial score (nSPS) is 26.7. The molecule has 0 spiro atoms. The number of halogens is 1. The van der Waals surface area contributed by atoms with Crippen LogP contribution in [0.4, 0.5) is 5.82 Å². The highest BCUT2D eigenvalue weighted by Gasteiger charge is 2.42. The summed E-state index contributed by atoms with van der Waals surface area (Å²) in [5, 5.41) is 17.8. The van der Waals surface area contributed by atoms with E-state index in [1.54, 1.807) is 29.2 Å². The molecule has 0 amide bonds. The highest BCUT2D eigenvalue weighted by molar-refractivity contribution is 6.32. The van der Waals surface area contributed by atoms with Crippen LogP contribution in [-0.4, -0.2) is 32.0 Å². The fraction of sp³-hybridized carbons (Fsp3) is 0.333. The van der Waals surface area contributed by atoms with Crippen LogP contribution in [0.3, 0.4) is 0 Å². The number of anilines is 1. The Morgan fingerprint density at radius 3 is 2.94 bits per heavy atom. The van der Waals surface area contributed by atoms with Crippen LogP contribution in [0.1, 0.15) is 12.5 Å². The van der Waals surface area contributed by atoms with E-state index in [0.29, 0.717) is 17.3 Å². The van der Waals surface area contributed by atoms with Crippen LogP contribution in [0.2, 0.25) is 5.02 Å². The predicted molar refractivity (Wildman–Crippen MR) is 68.5 cm³/mol. The smallest absolute Gasteiger partial charge is 0.145 e. The van der Waals surface area contributed by atoms with E-state index in [0.717, 1.165) is 0 Å². The number of aliphatic hydroxyl groups excluding tert-OH is 1. The summed E-state index contributed by atoms with van der Waals surface area (Å²) in [6, 6.07) is 5.43. The van der Waals surface area contributed by atoms with E-state index in [2.05, 4.69) is 15.4 Å². The summed E-state index contributed by atoms with van der Waals surface area (Å²) in [4.78, 5) is 4.19. The minimum absolute atomic E-state index is 0.0712. The molecule has 5 nitrogen and oxygen atoms in total. The molecule has 18 heavy (non-hydrogen) atoms. The zero-order chi connectivity index (χ0) is 12.5. The number of nitrogens with one attached hydrogen (secondary N) is 1. The minimum Gasteiger partial charge on any atom is -0.391 e. The zero-order valence-electron chi connectivity index (χ0n) is 9.57. The molecule has 2 aromatic heterocycles. The number of hydrogen-bond donors (Lipinski definition) is 2. The Kier molecular flexibility index (Phi) is 2.93. The highest BCUT2D eigenvalue weighted by atomic mass is 35.5. The first-order chi connectivity index (χ1) is 8.75. The van der Waals surface area contributed by atoms with Crippen molar-refractivity contribution in [3.63, 3.8) is 0 Å². The van der Waals surface area contributed by atoms with Gasteiger partial charge in [-0.15, -0.1) is 0 Å². The summed E-state index contributed by atoms with van der Waals surface area (Å²) in [5.74, 6) is 0.647. The lowest BCUT2D eigenvalue weighted by Crippen LogP contribution is -2.51. The second-order valence-electron chi connectivity index (χ2n) is 4.36. The quantitative estimate of drug-likeness (QED) is 0.886. The van der Waals surface area contributed by atoms with Crippen LogP contribution in [0, 0.1) is 0 Å². The number of aliphatic hydroxyl groups is 1. The van der Waals surface area contributed by atoms with Crippen LogP contribution in [0.25, 0.3) is 0 Å². The number of nitrogens with zero attached hydrogens (tertiary/aromatic N) is 3. The van der Waals surface area contributed by atoms with Gasteiger partial charge in [-0.3, -0.25) is 4.68 Å². The van der Waals surface area contributed by atoms with Gasteiger partial charge in [0.05, 0.1) is 23.2 Å². The first kappa shape index (κ1) is 11.5. The lowest BCUT2D eigenvalue weighted by Gasteiger charge is -2.42. The first-order valence-electron chi connectivity index (χ1n) is 5.80. The van der Waals surface area contributed by atoms with Gasteiger partial charge in [0.25, 0.3) is 0 Å². The minimum atomic E-state index is -0.384. The molecule has 3 rings (SSSR count). The molecule has 0 radical (unpaired) electrons. The molecule has 1 fully saturated rings. The molecule has 1 aliphatic rings. The fourth-order valence-corrected chi connectivity index (χ4v) is 2.42. The molecule has 0 aliphatic heterocycles. The Bertz CT molecular complexity index is 531. The van der Waals surface area contributed by atoms with Crippen LogP contribution >= 0.6 is 11.6 Å². The second kappa shape index (κ2) is 4.59. The van der Waals surface area contributed by atoms with Gasteiger partial charge in [-0.1, -0.05) is 11.6 Å². The van der Waals surface area contributed by atoms with Crippen molar-refractivity contribution in [2.45, 2.75) is 24.6 Å². The molecule has 2 aromatic rings. The van der Waals surface area contributed by atoms with Crippen molar-refractivity contribution in [3.8, 4) is 0 Å². The molecule has 94 valence electrons. The molecule has 3 atom stereocenters. The molecule has 6 heteroatoms. The monoisotopic (exact) mass is 264 g/mol. The summed E-state index contributed by atoms with van der Waals surface area (Å²) >= 11 is 6.05. The first-order valence-corrected chi connectivity index (χ1v) is 6.18. The van der Waals surface area contributed by atoms with Crippen molar-refractivity contribution < 1.29 is 5.11 Å². The summed E-state index contributed by atoms with van der Waals surface area (Å²) in [5.41, 5.74) is 0. The molecule has 2 heterocycles. The van der Waals surface area contributed by atoms with E-state index in [9.17, 15) is 5.11 Å². The van der Waals surface area contributed by atoms with E-state index >= 15 is 0 Å². The molecule has 1 aliphatic carbocycles. The molecular weight excluding hydrogens is 252 g/mol. The maximum absolute atomic E-state index is 9.84. The molecule has 0 unspecified atom stereocenters. The van der Waals surface area contributed by atoms with Gasteiger partial charge in [0.15, 0.2) is 0 Å².